The number of nitrogens with zero attached hydrogens (tertiary/aromatic N) is 5. The predicted molar refractivity (Wildman–Crippen MR) is 91.7 cm³/mol. The van der Waals surface area contributed by atoms with Crippen molar-refractivity contribution in [2.75, 3.05) is 25.0 Å². The van der Waals surface area contributed by atoms with Gasteiger partial charge in [-0.2, -0.15) is 5.10 Å². The van der Waals surface area contributed by atoms with Crippen LogP contribution < -0.4 is 5.32 Å². The van der Waals surface area contributed by atoms with Crippen LogP contribution in [0.25, 0.3) is 0 Å². The Morgan fingerprint density at radius 3 is 2.75 bits per heavy atom. The maximum Gasteiger partial charge on any atom is 0.289 e. The van der Waals surface area contributed by atoms with Crippen LogP contribution in [0, 0.1) is 10.1 Å². The van der Waals surface area contributed by atoms with E-state index in [1.54, 1.807) is 6.20 Å². The normalized spacial score (nSPS) is 15.4. The fourth-order valence-corrected chi connectivity index (χ4v) is 2.94. The molecule has 0 bridgehead atoms. The molecule has 9 heteroatoms. The minimum atomic E-state index is -0.527. The van der Waals surface area contributed by atoms with Gasteiger partial charge in [0.2, 0.25) is 0 Å². The van der Waals surface area contributed by atoms with Crippen molar-refractivity contribution < 1.29 is 4.92 Å². The Kier molecular flexibility index (Phi) is 5.27. The van der Waals surface area contributed by atoms with E-state index in [1.807, 2.05) is 10.9 Å². The molecule has 8 nitrogen and oxygen atoms in total. The molecule has 1 aliphatic rings. The first-order valence-corrected chi connectivity index (χ1v) is 8.31. The summed E-state index contributed by atoms with van der Waals surface area (Å²) in [4.78, 5) is 16.6. The Morgan fingerprint density at radius 1 is 1.25 bits per heavy atom. The van der Waals surface area contributed by atoms with Crippen LogP contribution in [-0.4, -0.2) is 44.2 Å². The quantitative estimate of drug-likeness (QED) is 0.636. The molecule has 1 fully saturated rings. The second kappa shape index (κ2) is 7.59. The summed E-state index contributed by atoms with van der Waals surface area (Å²) in [6.45, 7) is 4.13. The fourth-order valence-electron chi connectivity index (χ4n) is 2.73. The second-order valence-corrected chi connectivity index (χ2v) is 6.21. The molecule has 0 atom stereocenters. The molecular formula is C15H19ClN6O2. The number of aromatic nitrogens is 3. The van der Waals surface area contributed by atoms with Gasteiger partial charge < -0.3 is 10.2 Å². The molecule has 0 unspecified atom stereocenters. The number of hydrogen-bond donors (Lipinski definition) is 1. The minimum Gasteiger partial charge on any atom is -0.336 e. The van der Waals surface area contributed by atoms with E-state index in [0.717, 1.165) is 31.9 Å². The lowest BCUT2D eigenvalue weighted by Crippen LogP contribution is -2.32. The number of nitro groups is 1. The molecule has 2 aromatic heterocycles. The van der Waals surface area contributed by atoms with Crippen molar-refractivity contribution in [3.8, 4) is 0 Å². The molecule has 24 heavy (non-hydrogen) atoms. The number of hydrogen-bond acceptors (Lipinski definition) is 6. The van der Waals surface area contributed by atoms with E-state index in [-0.39, 0.29) is 10.7 Å². The Bertz CT molecular complexity index is 714. The summed E-state index contributed by atoms with van der Waals surface area (Å²) < 4.78 is 1.87. The Hall–Kier alpha value is -2.19. The number of halogens is 1. The molecule has 1 saturated heterocycles. The number of nitrogens with one attached hydrogen (secondary N) is 1. The van der Waals surface area contributed by atoms with Gasteiger partial charge in [-0.1, -0.05) is 18.0 Å². The monoisotopic (exact) mass is 350 g/mol. The average molecular weight is 351 g/mol. The van der Waals surface area contributed by atoms with Gasteiger partial charge in [-0.05, 0) is 25.9 Å². The van der Waals surface area contributed by atoms with Crippen LogP contribution in [0.15, 0.2) is 24.7 Å². The van der Waals surface area contributed by atoms with Crippen molar-refractivity contribution in [1.29, 1.82) is 0 Å². The SMILES string of the molecule is O=[N+]([O-])c1cnc(Nc2cnn(CCN3CCCCC3)c2)c(Cl)c1. The van der Waals surface area contributed by atoms with Crippen LogP contribution in [0.1, 0.15) is 19.3 Å². The van der Waals surface area contributed by atoms with E-state index in [1.165, 1.54) is 31.5 Å². The third-order valence-corrected chi connectivity index (χ3v) is 4.32. The van der Waals surface area contributed by atoms with Crippen molar-refractivity contribution >= 4 is 28.8 Å². The summed E-state index contributed by atoms with van der Waals surface area (Å²) in [6, 6.07) is 1.28. The first-order valence-electron chi connectivity index (χ1n) is 7.93. The fraction of sp³-hybridized carbons (Fsp3) is 0.467. The van der Waals surface area contributed by atoms with E-state index in [0.29, 0.717) is 5.82 Å². The van der Waals surface area contributed by atoms with Gasteiger partial charge in [-0.15, -0.1) is 0 Å². The number of piperidine rings is 1. The third-order valence-electron chi connectivity index (χ3n) is 4.03. The van der Waals surface area contributed by atoms with E-state index >= 15 is 0 Å². The van der Waals surface area contributed by atoms with E-state index in [4.69, 9.17) is 11.6 Å². The highest BCUT2D eigenvalue weighted by molar-refractivity contribution is 6.33. The van der Waals surface area contributed by atoms with E-state index in [9.17, 15) is 10.1 Å². The molecular weight excluding hydrogens is 332 g/mol. The molecule has 0 amide bonds. The van der Waals surface area contributed by atoms with Crippen molar-refractivity contribution in [3.63, 3.8) is 0 Å². The summed E-state index contributed by atoms with van der Waals surface area (Å²) in [5, 5.41) is 18.3. The summed E-state index contributed by atoms with van der Waals surface area (Å²) in [6.07, 6.45) is 8.62. The smallest absolute Gasteiger partial charge is 0.289 e. The van der Waals surface area contributed by atoms with Gasteiger partial charge in [0.15, 0.2) is 0 Å². The molecule has 0 radical (unpaired) electrons. The maximum atomic E-state index is 10.7. The molecule has 3 heterocycles. The number of rotatable bonds is 6. The lowest BCUT2D eigenvalue weighted by molar-refractivity contribution is -0.385. The summed E-state index contributed by atoms with van der Waals surface area (Å²) in [5.41, 5.74) is 0.611. The zero-order valence-corrected chi connectivity index (χ0v) is 13.9. The number of likely N-dealkylation sites (tertiary alicyclic amines) is 1. The molecule has 0 aliphatic carbocycles. The Morgan fingerprint density at radius 2 is 2.04 bits per heavy atom. The minimum absolute atomic E-state index is 0.136. The molecule has 1 N–H and O–H groups in total. The van der Waals surface area contributed by atoms with Crippen molar-refractivity contribution in [3.05, 3.63) is 39.8 Å². The van der Waals surface area contributed by atoms with Gasteiger partial charge in [0.25, 0.3) is 5.69 Å². The average Bonchev–Trinajstić information content (AvgIpc) is 3.03. The van der Waals surface area contributed by atoms with Gasteiger partial charge in [-0.25, -0.2) is 4.98 Å². The highest BCUT2D eigenvalue weighted by Crippen LogP contribution is 2.26. The van der Waals surface area contributed by atoms with Crippen LogP contribution in [0.2, 0.25) is 5.02 Å². The summed E-state index contributed by atoms with van der Waals surface area (Å²) >= 11 is 6.03. The highest BCUT2D eigenvalue weighted by atomic mass is 35.5. The van der Waals surface area contributed by atoms with E-state index < -0.39 is 4.92 Å². The first-order chi connectivity index (χ1) is 11.6. The number of anilines is 2. The van der Waals surface area contributed by atoms with Crippen LogP contribution in [0.3, 0.4) is 0 Å². The molecule has 2 aromatic rings. The van der Waals surface area contributed by atoms with E-state index in [2.05, 4.69) is 20.3 Å². The van der Waals surface area contributed by atoms with Crippen LogP contribution in [0.4, 0.5) is 17.2 Å². The van der Waals surface area contributed by atoms with Gasteiger partial charge >= 0.3 is 0 Å². The molecule has 0 aromatic carbocycles. The zero-order chi connectivity index (χ0) is 16.9. The zero-order valence-electron chi connectivity index (χ0n) is 13.2. The predicted octanol–water partition coefficient (Wildman–Crippen LogP) is 3.07. The van der Waals surface area contributed by atoms with Crippen LogP contribution in [-0.2, 0) is 6.54 Å². The molecule has 1 aliphatic heterocycles. The first kappa shape index (κ1) is 16.7. The van der Waals surface area contributed by atoms with Crippen molar-refractivity contribution in [2.45, 2.75) is 25.8 Å². The maximum absolute atomic E-state index is 10.7. The van der Waals surface area contributed by atoms with Gasteiger partial charge in [-0.3, -0.25) is 14.8 Å². The van der Waals surface area contributed by atoms with Gasteiger partial charge in [0.1, 0.15) is 12.0 Å². The van der Waals surface area contributed by atoms with Crippen molar-refractivity contribution in [1.82, 2.24) is 19.7 Å². The molecule has 128 valence electrons. The van der Waals surface area contributed by atoms with Gasteiger partial charge in [0, 0.05) is 18.8 Å². The summed E-state index contributed by atoms with van der Waals surface area (Å²) in [7, 11) is 0. The second-order valence-electron chi connectivity index (χ2n) is 5.80. The van der Waals surface area contributed by atoms with Crippen LogP contribution >= 0.6 is 11.6 Å². The molecule has 3 rings (SSSR count). The topological polar surface area (TPSA) is 89.1 Å². The Labute approximate surface area is 144 Å². The summed E-state index contributed by atoms with van der Waals surface area (Å²) in [5.74, 6) is 0.373. The highest BCUT2D eigenvalue weighted by Gasteiger charge is 2.12. The van der Waals surface area contributed by atoms with Gasteiger partial charge in [0.05, 0.1) is 28.4 Å². The number of pyridine rings is 1. The largest absolute Gasteiger partial charge is 0.336 e. The third kappa shape index (κ3) is 4.21. The standard InChI is InChI=1S/C15H19ClN6O2/c16-14-8-13(22(23)24)10-17-15(14)19-12-9-18-21(11-12)7-6-20-4-2-1-3-5-20/h8-11H,1-7H2,(H,17,19). The Balaban J connectivity index is 1.58. The van der Waals surface area contributed by atoms with Crippen LogP contribution in [0.5, 0.6) is 0 Å². The molecule has 0 spiro atoms. The molecule has 0 saturated carbocycles. The van der Waals surface area contributed by atoms with Crippen molar-refractivity contribution in [2.24, 2.45) is 0 Å². The lowest BCUT2D eigenvalue weighted by Gasteiger charge is -2.26. The lowest BCUT2D eigenvalue weighted by atomic mass is 10.1.